The summed E-state index contributed by atoms with van der Waals surface area (Å²) in [4.78, 5) is 30.7. The standard InChI is InChI=1S/C33H37F3N6O3/c1-19-6-12-24(13-7-19)42-26(18-25(41-42)32(3,4)5)40-31(44)39-23-10-8-21(9-11-23)27(22-14-16-37-17-15-22)29(43)28-30(33(34,35)36)45-20(2)38-28/h6-13,18,22,27,37H,14-17H2,1-5H3,(H2,39,40,44). The summed E-state index contributed by atoms with van der Waals surface area (Å²) < 4.78 is 47.6. The van der Waals surface area contributed by atoms with Gasteiger partial charge in [0, 0.05) is 24.1 Å². The van der Waals surface area contributed by atoms with Crippen LogP contribution in [0.3, 0.4) is 0 Å². The lowest BCUT2D eigenvalue weighted by atomic mass is 9.77. The van der Waals surface area contributed by atoms with Gasteiger partial charge in [0.15, 0.2) is 17.4 Å². The van der Waals surface area contributed by atoms with Crippen LogP contribution in [0.15, 0.2) is 59.0 Å². The first-order valence-electron chi connectivity index (χ1n) is 14.9. The molecule has 4 aromatic rings. The molecule has 0 saturated carbocycles. The maximum Gasteiger partial charge on any atom is 0.452 e. The third kappa shape index (κ3) is 7.28. The minimum Gasteiger partial charge on any atom is -0.436 e. The Morgan fingerprint density at radius 3 is 2.22 bits per heavy atom. The number of benzene rings is 2. The number of nitrogens with one attached hydrogen (secondary N) is 3. The highest BCUT2D eigenvalue weighted by atomic mass is 19.4. The van der Waals surface area contributed by atoms with Gasteiger partial charge in [0.25, 0.3) is 0 Å². The van der Waals surface area contributed by atoms with E-state index in [0.29, 0.717) is 43.0 Å². The number of halogens is 3. The van der Waals surface area contributed by atoms with Gasteiger partial charge in [0.1, 0.15) is 5.82 Å². The van der Waals surface area contributed by atoms with Gasteiger partial charge in [-0.15, -0.1) is 0 Å². The predicted octanol–water partition coefficient (Wildman–Crippen LogP) is 7.40. The molecule has 1 saturated heterocycles. The van der Waals surface area contributed by atoms with Gasteiger partial charge in [-0.3, -0.25) is 10.1 Å². The Labute approximate surface area is 259 Å². The van der Waals surface area contributed by atoms with E-state index in [1.807, 2.05) is 58.0 Å². The lowest BCUT2D eigenvalue weighted by molar-refractivity contribution is -0.153. The monoisotopic (exact) mass is 622 g/mol. The maximum atomic E-state index is 13.7. The number of aromatic nitrogens is 3. The Hall–Kier alpha value is -4.45. The molecule has 1 unspecified atom stereocenters. The molecule has 1 aliphatic heterocycles. The first-order chi connectivity index (χ1) is 21.2. The summed E-state index contributed by atoms with van der Waals surface area (Å²) in [6.45, 7) is 10.7. The smallest absolute Gasteiger partial charge is 0.436 e. The number of Topliss-reactive ketones (excluding diaryl/α,β-unsaturated/α-hetero) is 1. The number of rotatable bonds is 7. The summed E-state index contributed by atoms with van der Waals surface area (Å²) in [7, 11) is 0. The fraction of sp³-hybridized carbons (Fsp3) is 0.394. The second-order valence-corrected chi connectivity index (χ2v) is 12.5. The van der Waals surface area contributed by atoms with E-state index < -0.39 is 35.4 Å². The van der Waals surface area contributed by atoms with E-state index in [9.17, 15) is 22.8 Å². The molecule has 5 rings (SSSR count). The van der Waals surface area contributed by atoms with E-state index in [0.717, 1.165) is 16.9 Å². The summed E-state index contributed by atoms with van der Waals surface area (Å²) in [6, 6.07) is 15.7. The molecule has 3 N–H and O–H groups in total. The first kappa shape index (κ1) is 32.0. The highest BCUT2D eigenvalue weighted by molar-refractivity contribution is 6.01. The molecule has 45 heavy (non-hydrogen) atoms. The van der Waals surface area contributed by atoms with Crippen molar-refractivity contribution in [2.24, 2.45) is 5.92 Å². The van der Waals surface area contributed by atoms with E-state index >= 15 is 0 Å². The lowest BCUT2D eigenvalue weighted by Gasteiger charge is -2.30. The van der Waals surface area contributed by atoms with Gasteiger partial charge in [-0.25, -0.2) is 14.5 Å². The number of anilines is 2. The molecule has 238 valence electrons. The van der Waals surface area contributed by atoms with Crippen LogP contribution in [-0.4, -0.2) is 39.7 Å². The number of nitrogens with zero attached hydrogens (tertiary/aromatic N) is 3. The highest BCUT2D eigenvalue weighted by Crippen LogP contribution is 2.39. The minimum atomic E-state index is -4.85. The number of amides is 2. The molecule has 0 radical (unpaired) electrons. The zero-order valence-corrected chi connectivity index (χ0v) is 25.9. The average molecular weight is 623 g/mol. The van der Waals surface area contributed by atoms with Crippen molar-refractivity contribution in [1.29, 1.82) is 0 Å². The number of aryl methyl sites for hydroxylation is 2. The molecule has 2 aromatic carbocycles. The van der Waals surface area contributed by atoms with Crippen molar-refractivity contribution >= 4 is 23.3 Å². The molecule has 1 atom stereocenters. The average Bonchev–Trinajstić information content (AvgIpc) is 3.59. The molecule has 2 aromatic heterocycles. The van der Waals surface area contributed by atoms with Gasteiger partial charge in [-0.1, -0.05) is 50.6 Å². The largest absolute Gasteiger partial charge is 0.452 e. The summed E-state index contributed by atoms with van der Waals surface area (Å²) in [5.74, 6) is -2.91. The van der Waals surface area contributed by atoms with Gasteiger partial charge >= 0.3 is 12.2 Å². The van der Waals surface area contributed by atoms with Crippen LogP contribution in [0.2, 0.25) is 0 Å². The van der Waals surface area contributed by atoms with Gasteiger partial charge < -0.3 is 15.1 Å². The quantitative estimate of drug-likeness (QED) is 0.185. The molecule has 1 fully saturated rings. The molecular formula is C33H37F3N6O3. The van der Waals surface area contributed by atoms with Crippen molar-refractivity contribution in [2.75, 3.05) is 23.7 Å². The molecule has 9 nitrogen and oxygen atoms in total. The summed E-state index contributed by atoms with van der Waals surface area (Å²) >= 11 is 0. The number of carbonyl (C=O) groups is 2. The lowest BCUT2D eigenvalue weighted by Crippen LogP contribution is -2.34. The molecule has 12 heteroatoms. The molecule has 0 spiro atoms. The molecule has 1 aliphatic rings. The third-order valence-electron chi connectivity index (χ3n) is 7.89. The molecular weight excluding hydrogens is 585 g/mol. The molecule has 0 bridgehead atoms. The van der Waals surface area contributed by atoms with Crippen LogP contribution < -0.4 is 16.0 Å². The predicted molar refractivity (Wildman–Crippen MR) is 165 cm³/mol. The molecule has 3 heterocycles. The van der Waals surface area contributed by atoms with Crippen molar-refractivity contribution in [1.82, 2.24) is 20.1 Å². The van der Waals surface area contributed by atoms with E-state index in [1.165, 1.54) is 6.92 Å². The van der Waals surface area contributed by atoms with E-state index in [4.69, 9.17) is 9.52 Å². The summed E-state index contributed by atoms with van der Waals surface area (Å²) in [5.41, 5.74) is 2.71. The number of ketones is 1. The van der Waals surface area contributed by atoms with Crippen molar-refractivity contribution < 1.29 is 27.2 Å². The Morgan fingerprint density at radius 1 is 0.978 bits per heavy atom. The number of urea groups is 1. The van der Waals surface area contributed by atoms with Crippen LogP contribution in [0.25, 0.3) is 5.69 Å². The highest BCUT2D eigenvalue weighted by Gasteiger charge is 2.44. The zero-order chi connectivity index (χ0) is 32.5. The summed E-state index contributed by atoms with van der Waals surface area (Å²) in [6.07, 6.45) is -3.63. The zero-order valence-electron chi connectivity index (χ0n) is 25.9. The van der Waals surface area contributed by atoms with Crippen molar-refractivity contribution in [3.63, 3.8) is 0 Å². The van der Waals surface area contributed by atoms with Crippen LogP contribution in [0.5, 0.6) is 0 Å². The van der Waals surface area contributed by atoms with Crippen molar-refractivity contribution in [2.45, 2.75) is 65.0 Å². The molecule has 2 amide bonds. The van der Waals surface area contributed by atoms with Crippen LogP contribution in [0, 0.1) is 19.8 Å². The van der Waals surface area contributed by atoms with Crippen molar-refractivity contribution in [3.05, 3.63) is 88.8 Å². The number of oxazole rings is 1. The van der Waals surface area contributed by atoms with E-state index in [-0.39, 0.29) is 17.2 Å². The molecule has 0 aliphatic carbocycles. The Balaban J connectivity index is 1.38. The van der Waals surface area contributed by atoms with Gasteiger partial charge in [0.2, 0.25) is 5.76 Å². The SMILES string of the molecule is Cc1ccc(-n2nc(C(C)(C)C)cc2NC(=O)Nc2ccc(C(C(=O)c3nc(C)oc3C(F)(F)F)C3CCNCC3)cc2)cc1. The second-order valence-electron chi connectivity index (χ2n) is 12.5. The fourth-order valence-electron chi connectivity index (χ4n) is 5.52. The summed E-state index contributed by atoms with van der Waals surface area (Å²) in [5, 5.41) is 13.7. The van der Waals surface area contributed by atoms with Crippen LogP contribution in [0.1, 0.15) is 78.5 Å². The number of carbonyl (C=O) groups excluding carboxylic acids is 2. The van der Waals surface area contributed by atoms with E-state index in [2.05, 4.69) is 20.9 Å². The fourth-order valence-corrected chi connectivity index (χ4v) is 5.52. The van der Waals surface area contributed by atoms with Gasteiger partial charge in [-0.2, -0.15) is 18.3 Å². The minimum absolute atomic E-state index is 0.196. The topological polar surface area (TPSA) is 114 Å². The van der Waals surface area contributed by atoms with Crippen molar-refractivity contribution in [3.8, 4) is 5.69 Å². The second kappa shape index (κ2) is 12.5. The van der Waals surface area contributed by atoms with Gasteiger partial charge in [0.05, 0.1) is 17.3 Å². The Bertz CT molecular complexity index is 1660. The Morgan fingerprint density at radius 2 is 1.62 bits per heavy atom. The van der Waals surface area contributed by atoms with E-state index in [1.54, 1.807) is 28.9 Å². The number of hydrogen-bond donors (Lipinski definition) is 3. The van der Waals surface area contributed by atoms with Crippen LogP contribution in [-0.2, 0) is 11.6 Å². The van der Waals surface area contributed by atoms with Crippen LogP contribution >= 0.6 is 0 Å². The Kier molecular flexibility index (Phi) is 8.88. The number of hydrogen-bond acceptors (Lipinski definition) is 6. The number of alkyl halides is 3. The van der Waals surface area contributed by atoms with Crippen LogP contribution in [0.4, 0.5) is 29.5 Å². The number of piperidine rings is 1. The maximum absolute atomic E-state index is 13.7. The van der Waals surface area contributed by atoms with Gasteiger partial charge in [-0.05, 0) is 68.6 Å². The normalized spacial score (nSPS) is 15.1. The third-order valence-corrected chi connectivity index (χ3v) is 7.89. The first-order valence-corrected chi connectivity index (χ1v) is 14.9.